The molecule has 0 saturated heterocycles. The topological polar surface area (TPSA) is 83.5 Å². The third-order valence-electron chi connectivity index (χ3n) is 7.43. The quantitative estimate of drug-likeness (QED) is 0.142. The highest BCUT2D eigenvalue weighted by atomic mass is 32.1. The normalized spacial score (nSPS) is 12.2. The van der Waals surface area contributed by atoms with E-state index >= 15 is 0 Å². The van der Waals surface area contributed by atoms with Crippen LogP contribution in [0.5, 0.6) is 11.5 Å². The summed E-state index contributed by atoms with van der Waals surface area (Å²) in [6.07, 6.45) is 9.53. The zero-order valence-electron chi connectivity index (χ0n) is 26.5. The smallest absolute Gasteiger partial charge is 0.291 e. The monoisotopic (exact) mass is 631 g/mol. The fourth-order valence-corrected chi connectivity index (χ4v) is 5.83. The van der Waals surface area contributed by atoms with Gasteiger partial charge in [0.1, 0.15) is 17.2 Å². The molecule has 0 unspecified atom stereocenters. The van der Waals surface area contributed by atoms with Gasteiger partial charge in [0, 0.05) is 17.3 Å². The Morgan fingerprint density at radius 2 is 1.74 bits per heavy atom. The van der Waals surface area contributed by atoms with Gasteiger partial charge in [-0.05, 0) is 91.4 Å². The summed E-state index contributed by atoms with van der Waals surface area (Å²) in [7, 11) is 0. The Hall–Kier alpha value is -5.02. The second-order valence-corrected chi connectivity index (χ2v) is 12.6. The van der Waals surface area contributed by atoms with E-state index in [1.807, 2.05) is 103 Å². The predicted octanol–water partition coefficient (Wildman–Crippen LogP) is 7.24. The highest BCUT2D eigenvalue weighted by molar-refractivity contribution is 7.15. The molecular weight excluding hydrogens is 595 g/mol. The van der Waals surface area contributed by atoms with Crippen LogP contribution in [-0.4, -0.2) is 37.6 Å². The van der Waals surface area contributed by atoms with Crippen LogP contribution in [0.15, 0.2) is 83.8 Å². The molecule has 0 fully saturated rings. The lowest BCUT2D eigenvalue weighted by atomic mass is 10.0. The molecule has 46 heavy (non-hydrogen) atoms. The number of fused-ring (bicyclic) bond motifs is 1. The average molecular weight is 632 g/mol. The van der Waals surface area contributed by atoms with Crippen LogP contribution in [0, 0.1) is 12.8 Å². The molecule has 0 aliphatic heterocycles. The van der Waals surface area contributed by atoms with Gasteiger partial charge in [-0.2, -0.15) is 14.6 Å². The maximum atomic E-state index is 13.5. The van der Waals surface area contributed by atoms with Crippen molar-refractivity contribution in [3.05, 3.63) is 116 Å². The number of hydrogen-bond acceptors (Lipinski definition) is 7. The average Bonchev–Trinajstić information content (AvgIpc) is 3.75. The van der Waals surface area contributed by atoms with Gasteiger partial charge in [0.2, 0.25) is 4.96 Å². The van der Waals surface area contributed by atoms with Crippen LogP contribution in [-0.2, 0) is 0 Å². The summed E-state index contributed by atoms with van der Waals surface area (Å²) in [5, 5.41) is 9.43. The fraction of sp³-hybridized carbons (Fsp3) is 0.243. The highest BCUT2D eigenvalue weighted by Crippen LogP contribution is 2.29. The van der Waals surface area contributed by atoms with Crippen LogP contribution in [0.3, 0.4) is 0 Å². The molecule has 234 valence electrons. The molecule has 0 spiro atoms. The first-order valence-corrected chi connectivity index (χ1v) is 16.4. The zero-order valence-corrected chi connectivity index (χ0v) is 27.3. The molecule has 3 aromatic heterocycles. The molecule has 0 aliphatic carbocycles. The largest absolute Gasteiger partial charge is 0.494 e. The minimum atomic E-state index is -0.215. The Labute approximate surface area is 272 Å². The second kappa shape index (κ2) is 14.0. The third kappa shape index (κ3) is 7.10. The summed E-state index contributed by atoms with van der Waals surface area (Å²) < 4.78 is 15.5. The van der Waals surface area contributed by atoms with Crippen LogP contribution in [0.4, 0.5) is 0 Å². The van der Waals surface area contributed by atoms with Crippen LogP contribution < -0.4 is 19.6 Å². The van der Waals surface area contributed by atoms with Gasteiger partial charge in [0.15, 0.2) is 5.82 Å². The summed E-state index contributed by atoms with van der Waals surface area (Å²) in [5.74, 6) is 2.77. The zero-order chi connectivity index (χ0) is 32.0. The first kappa shape index (κ1) is 31.0. The number of aromatic nitrogens is 5. The molecule has 3 aromatic carbocycles. The van der Waals surface area contributed by atoms with Crippen molar-refractivity contribution in [1.82, 2.24) is 24.4 Å². The summed E-state index contributed by atoms with van der Waals surface area (Å²) in [5.41, 5.74) is 5.28. The molecule has 0 bridgehead atoms. The third-order valence-corrected chi connectivity index (χ3v) is 8.39. The molecule has 0 aliphatic rings. The van der Waals surface area contributed by atoms with Gasteiger partial charge >= 0.3 is 0 Å². The highest BCUT2D eigenvalue weighted by Gasteiger charge is 2.15. The molecule has 0 N–H and O–H groups in total. The molecule has 3 heterocycles. The molecule has 9 heteroatoms. The Kier molecular flexibility index (Phi) is 9.40. The van der Waals surface area contributed by atoms with Crippen LogP contribution in [0.1, 0.15) is 56.1 Å². The van der Waals surface area contributed by atoms with E-state index in [0.717, 1.165) is 58.0 Å². The molecule has 8 nitrogen and oxygen atoms in total. The summed E-state index contributed by atoms with van der Waals surface area (Å²) in [6, 6.07) is 23.9. The van der Waals surface area contributed by atoms with Gasteiger partial charge in [0.25, 0.3) is 5.56 Å². The standard InChI is InChI=1S/C37H37N5O3S/c1-5-20-44-31-15-11-27(12-16-31)13-18-34-38-37-42(39-34)36(43)33(46-37)23-29-24-41(30-9-7-6-8-10-30)40-35(29)28-14-17-32(26(4)22-28)45-21-19-25(2)3/h6-18,22-25H,5,19-21H2,1-4H3/b18-13+,33-23-. The van der Waals surface area contributed by atoms with E-state index in [1.165, 1.54) is 15.9 Å². The van der Waals surface area contributed by atoms with Crippen molar-refractivity contribution in [3.63, 3.8) is 0 Å². The number of thiazole rings is 1. The van der Waals surface area contributed by atoms with Crippen molar-refractivity contribution < 1.29 is 9.47 Å². The Bertz CT molecular complexity index is 2080. The molecule has 6 rings (SSSR count). The number of para-hydroxylation sites is 1. The molecule has 0 radical (unpaired) electrons. The van der Waals surface area contributed by atoms with Gasteiger partial charge < -0.3 is 9.47 Å². The van der Waals surface area contributed by atoms with Crippen molar-refractivity contribution in [2.45, 2.75) is 40.5 Å². The first-order chi connectivity index (χ1) is 22.4. The molecule has 6 aromatic rings. The van der Waals surface area contributed by atoms with Crippen molar-refractivity contribution in [2.24, 2.45) is 5.92 Å². The Morgan fingerprint density at radius 1 is 0.935 bits per heavy atom. The van der Waals surface area contributed by atoms with Crippen LogP contribution in [0.25, 0.3) is 40.1 Å². The number of ether oxygens (including phenoxy) is 2. The van der Waals surface area contributed by atoms with E-state index in [0.29, 0.717) is 34.4 Å². The predicted molar refractivity (Wildman–Crippen MR) is 186 cm³/mol. The van der Waals surface area contributed by atoms with Gasteiger partial charge in [-0.15, -0.1) is 5.10 Å². The van der Waals surface area contributed by atoms with E-state index in [4.69, 9.17) is 14.6 Å². The molecule has 0 atom stereocenters. The molecule has 0 saturated carbocycles. The van der Waals surface area contributed by atoms with Gasteiger partial charge in [-0.1, -0.05) is 68.5 Å². The number of nitrogens with zero attached hydrogens (tertiary/aromatic N) is 5. The van der Waals surface area contributed by atoms with E-state index < -0.39 is 0 Å². The van der Waals surface area contributed by atoms with E-state index in [2.05, 4.69) is 36.9 Å². The summed E-state index contributed by atoms with van der Waals surface area (Å²) in [6.45, 7) is 9.88. The fourth-order valence-electron chi connectivity index (χ4n) is 4.92. The molecule has 0 amide bonds. The van der Waals surface area contributed by atoms with Crippen LogP contribution >= 0.6 is 11.3 Å². The minimum absolute atomic E-state index is 0.215. The number of aryl methyl sites for hydroxylation is 1. The van der Waals surface area contributed by atoms with Crippen LogP contribution in [0.2, 0.25) is 0 Å². The maximum Gasteiger partial charge on any atom is 0.291 e. The van der Waals surface area contributed by atoms with Gasteiger partial charge in [0.05, 0.1) is 23.4 Å². The lowest BCUT2D eigenvalue weighted by Gasteiger charge is -2.11. The number of rotatable bonds is 12. The Morgan fingerprint density at radius 3 is 2.46 bits per heavy atom. The lowest BCUT2D eigenvalue weighted by Crippen LogP contribution is -2.23. The van der Waals surface area contributed by atoms with Gasteiger partial charge in [-0.3, -0.25) is 4.79 Å². The van der Waals surface area contributed by atoms with E-state index in [9.17, 15) is 4.79 Å². The van der Waals surface area contributed by atoms with E-state index in [-0.39, 0.29) is 5.56 Å². The van der Waals surface area contributed by atoms with Crippen molar-refractivity contribution in [2.75, 3.05) is 13.2 Å². The molecular formula is C37H37N5O3S. The SMILES string of the molecule is CCCOc1ccc(/C=C/c2nc3s/c(=C\c4cn(-c5ccccc5)nc4-c4ccc(OCCC(C)C)c(C)c4)c(=O)n3n2)cc1. The maximum absolute atomic E-state index is 13.5. The van der Waals surface area contributed by atoms with E-state index in [1.54, 1.807) is 0 Å². The summed E-state index contributed by atoms with van der Waals surface area (Å²) >= 11 is 1.31. The second-order valence-electron chi connectivity index (χ2n) is 11.6. The van der Waals surface area contributed by atoms with Crippen molar-refractivity contribution in [3.8, 4) is 28.4 Å². The first-order valence-electron chi connectivity index (χ1n) is 15.6. The van der Waals surface area contributed by atoms with Gasteiger partial charge in [-0.25, -0.2) is 4.68 Å². The Balaban J connectivity index is 1.31. The number of benzene rings is 3. The number of hydrogen-bond donors (Lipinski definition) is 0. The minimum Gasteiger partial charge on any atom is -0.494 e. The van der Waals surface area contributed by atoms with Crippen molar-refractivity contribution in [1.29, 1.82) is 0 Å². The van der Waals surface area contributed by atoms with Crippen molar-refractivity contribution >= 4 is 34.5 Å². The lowest BCUT2D eigenvalue weighted by molar-refractivity contribution is 0.288. The summed E-state index contributed by atoms with van der Waals surface area (Å²) in [4.78, 5) is 18.6.